The Kier molecular flexibility index (Phi) is 5.13. The number of hydrogen-bond acceptors (Lipinski definition) is 4. The Hall–Kier alpha value is -2.83. The fourth-order valence-electron chi connectivity index (χ4n) is 1.85. The van der Waals surface area contributed by atoms with Gasteiger partial charge in [0.2, 0.25) is 5.91 Å². The number of hydrogen-bond donors (Lipinski definition) is 1. The van der Waals surface area contributed by atoms with Crippen molar-refractivity contribution in [2.75, 3.05) is 13.7 Å². The number of nitrogens with zero attached hydrogens (tertiary/aromatic N) is 3. The number of likely N-dealkylation sites (N-methyl/N-ethyl adjacent to an activating group) is 1. The largest absolute Gasteiger partial charge is 0.482 e. The van der Waals surface area contributed by atoms with E-state index in [1.807, 2.05) is 0 Å². The van der Waals surface area contributed by atoms with Crippen molar-refractivity contribution in [2.45, 2.75) is 13.1 Å². The molecule has 1 heterocycles. The number of carboxylic acid groups (broad SMARTS) is 1. The molecule has 0 atom stereocenters. The number of carbonyl (C=O) groups excluding carboxylic acids is 1. The minimum Gasteiger partial charge on any atom is -0.482 e. The summed E-state index contributed by atoms with van der Waals surface area (Å²) in [6, 6.07) is 8.74. The molecule has 0 aliphatic carbocycles. The van der Waals surface area contributed by atoms with E-state index in [9.17, 15) is 9.59 Å². The Morgan fingerprint density at radius 1 is 1.32 bits per heavy atom. The lowest BCUT2D eigenvalue weighted by Crippen LogP contribution is -2.29. The zero-order valence-corrected chi connectivity index (χ0v) is 12.2. The fraction of sp³-hybridized carbons (Fsp3) is 0.267. The van der Waals surface area contributed by atoms with Gasteiger partial charge in [0.15, 0.2) is 6.61 Å². The highest BCUT2D eigenvalue weighted by molar-refractivity contribution is 5.75. The van der Waals surface area contributed by atoms with Gasteiger partial charge in [-0.15, -0.1) is 0 Å². The lowest BCUT2D eigenvalue weighted by atomic mass is 10.2. The Morgan fingerprint density at radius 2 is 2.05 bits per heavy atom. The van der Waals surface area contributed by atoms with Crippen LogP contribution in [0.5, 0.6) is 5.75 Å². The van der Waals surface area contributed by atoms with Crippen LogP contribution in [-0.2, 0) is 22.7 Å². The summed E-state index contributed by atoms with van der Waals surface area (Å²) < 4.78 is 6.62. The molecule has 0 saturated heterocycles. The van der Waals surface area contributed by atoms with E-state index in [0.717, 1.165) is 5.56 Å². The molecule has 1 N–H and O–H groups in total. The number of benzene rings is 1. The average Bonchev–Trinajstić information content (AvgIpc) is 2.99. The Labute approximate surface area is 127 Å². The number of rotatable bonds is 7. The number of carbonyl (C=O) groups is 2. The molecule has 2 rings (SSSR count). The van der Waals surface area contributed by atoms with Crippen molar-refractivity contribution in [1.82, 2.24) is 14.7 Å². The van der Waals surface area contributed by atoms with Crippen LogP contribution in [0.2, 0.25) is 0 Å². The summed E-state index contributed by atoms with van der Waals surface area (Å²) in [4.78, 5) is 24.1. The molecule has 0 saturated carbocycles. The maximum Gasteiger partial charge on any atom is 0.341 e. The molecule has 1 amide bonds. The van der Waals surface area contributed by atoms with Gasteiger partial charge in [-0.25, -0.2) is 4.79 Å². The van der Waals surface area contributed by atoms with Gasteiger partial charge in [0, 0.05) is 26.0 Å². The first-order chi connectivity index (χ1) is 10.5. The van der Waals surface area contributed by atoms with Gasteiger partial charge < -0.3 is 14.7 Å². The van der Waals surface area contributed by atoms with Gasteiger partial charge in [0.05, 0.1) is 0 Å². The lowest BCUT2D eigenvalue weighted by molar-refractivity contribution is -0.139. The molecule has 0 aliphatic heterocycles. The van der Waals surface area contributed by atoms with Crippen LogP contribution < -0.4 is 4.74 Å². The molecule has 7 heteroatoms. The first-order valence-electron chi connectivity index (χ1n) is 6.69. The highest BCUT2D eigenvalue weighted by atomic mass is 16.5. The Morgan fingerprint density at radius 3 is 2.64 bits per heavy atom. The van der Waals surface area contributed by atoms with E-state index in [1.54, 1.807) is 59.4 Å². The Balaban J connectivity index is 1.86. The second-order valence-corrected chi connectivity index (χ2v) is 4.78. The molecule has 1 aromatic carbocycles. The summed E-state index contributed by atoms with van der Waals surface area (Å²) in [5.74, 6) is -0.584. The van der Waals surface area contributed by atoms with Gasteiger partial charge in [-0.05, 0) is 23.8 Å². The minimum absolute atomic E-state index is 0.0464. The molecule has 22 heavy (non-hydrogen) atoms. The van der Waals surface area contributed by atoms with Crippen molar-refractivity contribution in [3.8, 4) is 5.75 Å². The van der Waals surface area contributed by atoms with Crippen molar-refractivity contribution >= 4 is 11.9 Å². The number of amides is 1. The summed E-state index contributed by atoms with van der Waals surface area (Å²) in [7, 11) is 1.72. The van der Waals surface area contributed by atoms with Crippen LogP contribution in [0.15, 0.2) is 42.7 Å². The van der Waals surface area contributed by atoms with Gasteiger partial charge in [0.25, 0.3) is 0 Å². The van der Waals surface area contributed by atoms with E-state index in [-0.39, 0.29) is 19.1 Å². The minimum atomic E-state index is -1.02. The van der Waals surface area contributed by atoms with Crippen LogP contribution in [0.4, 0.5) is 0 Å². The molecule has 0 fully saturated rings. The predicted octanol–water partition coefficient (Wildman–Crippen LogP) is 1.01. The standard InChI is InChI=1S/C15H17N3O4/c1-17(14(19)10-18-8-2-7-16-18)9-12-3-5-13(6-4-12)22-11-15(20)21/h2-8H,9-11H2,1H3,(H,20,21). The molecule has 2 aromatic rings. The van der Waals surface area contributed by atoms with Gasteiger partial charge in [-0.3, -0.25) is 9.48 Å². The van der Waals surface area contributed by atoms with Gasteiger partial charge in [0.1, 0.15) is 12.3 Å². The van der Waals surface area contributed by atoms with Crippen LogP contribution in [0, 0.1) is 0 Å². The van der Waals surface area contributed by atoms with E-state index < -0.39 is 5.97 Å². The van der Waals surface area contributed by atoms with Gasteiger partial charge in [-0.1, -0.05) is 12.1 Å². The molecule has 7 nitrogen and oxygen atoms in total. The summed E-state index contributed by atoms with van der Waals surface area (Å²) in [5.41, 5.74) is 0.930. The van der Waals surface area contributed by atoms with Crippen LogP contribution in [0.25, 0.3) is 0 Å². The van der Waals surface area contributed by atoms with Crippen molar-refractivity contribution in [2.24, 2.45) is 0 Å². The molecular weight excluding hydrogens is 286 g/mol. The van der Waals surface area contributed by atoms with Gasteiger partial charge >= 0.3 is 5.97 Å². The van der Waals surface area contributed by atoms with Crippen LogP contribution in [0.1, 0.15) is 5.56 Å². The fourth-order valence-corrected chi connectivity index (χ4v) is 1.85. The molecule has 0 aliphatic rings. The quantitative estimate of drug-likeness (QED) is 0.825. The van der Waals surface area contributed by atoms with E-state index in [4.69, 9.17) is 9.84 Å². The first-order valence-corrected chi connectivity index (χ1v) is 6.69. The normalized spacial score (nSPS) is 10.2. The smallest absolute Gasteiger partial charge is 0.341 e. The van der Waals surface area contributed by atoms with Crippen LogP contribution >= 0.6 is 0 Å². The average molecular weight is 303 g/mol. The second kappa shape index (κ2) is 7.26. The van der Waals surface area contributed by atoms with Crippen molar-refractivity contribution in [3.05, 3.63) is 48.3 Å². The topological polar surface area (TPSA) is 84.7 Å². The molecule has 1 aromatic heterocycles. The van der Waals surface area contributed by atoms with Crippen molar-refractivity contribution < 1.29 is 19.4 Å². The lowest BCUT2D eigenvalue weighted by Gasteiger charge is -2.17. The summed E-state index contributed by atoms with van der Waals surface area (Å²) in [6.45, 7) is 0.282. The van der Waals surface area contributed by atoms with Crippen molar-refractivity contribution in [3.63, 3.8) is 0 Å². The number of ether oxygens (including phenoxy) is 1. The first kappa shape index (κ1) is 15.6. The highest BCUT2D eigenvalue weighted by Gasteiger charge is 2.10. The number of carboxylic acids is 1. The van der Waals surface area contributed by atoms with E-state index in [0.29, 0.717) is 12.3 Å². The summed E-state index contributed by atoms with van der Waals surface area (Å²) in [5, 5.41) is 12.5. The third-order valence-electron chi connectivity index (χ3n) is 2.99. The second-order valence-electron chi connectivity index (χ2n) is 4.78. The predicted molar refractivity (Wildman–Crippen MR) is 78.3 cm³/mol. The molecule has 0 bridgehead atoms. The maximum atomic E-state index is 12.0. The zero-order chi connectivity index (χ0) is 15.9. The van der Waals surface area contributed by atoms with E-state index in [1.165, 1.54) is 0 Å². The van der Waals surface area contributed by atoms with Crippen LogP contribution in [0.3, 0.4) is 0 Å². The number of aromatic nitrogens is 2. The highest BCUT2D eigenvalue weighted by Crippen LogP contribution is 2.13. The van der Waals surface area contributed by atoms with Gasteiger partial charge in [-0.2, -0.15) is 5.10 Å². The molecular formula is C15H17N3O4. The third kappa shape index (κ3) is 4.62. The maximum absolute atomic E-state index is 12.0. The number of aliphatic carboxylic acids is 1. The molecule has 0 radical (unpaired) electrons. The molecule has 116 valence electrons. The van der Waals surface area contributed by atoms with E-state index >= 15 is 0 Å². The molecule has 0 unspecified atom stereocenters. The van der Waals surface area contributed by atoms with Crippen molar-refractivity contribution in [1.29, 1.82) is 0 Å². The summed E-state index contributed by atoms with van der Waals surface area (Å²) in [6.07, 6.45) is 3.36. The molecule has 0 spiro atoms. The summed E-state index contributed by atoms with van der Waals surface area (Å²) >= 11 is 0. The van der Waals surface area contributed by atoms with Crippen LogP contribution in [-0.4, -0.2) is 45.3 Å². The third-order valence-corrected chi connectivity index (χ3v) is 2.99. The van der Waals surface area contributed by atoms with E-state index in [2.05, 4.69) is 5.10 Å². The SMILES string of the molecule is CN(Cc1ccc(OCC(=O)O)cc1)C(=O)Cn1cccn1. The Bertz CT molecular complexity index is 623. The monoisotopic (exact) mass is 303 g/mol. The zero-order valence-electron chi connectivity index (χ0n) is 12.2.